The van der Waals surface area contributed by atoms with Crippen molar-refractivity contribution in [1.29, 1.82) is 0 Å². The summed E-state index contributed by atoms with van der Waals surface area (Å²) in [6.07, 6.45) is -3.84. The van der Waals surface area contributed by atoms with Crippen LogP contribution < -0.4 is 5.32 Å². The van der Waals surface area contributed by atoms with Gasteiger partial charge in [0, 0.05) is 32.7 Å². The number of sulfonamides is 1. The Hall–Kier alpha value is -2.59. The maximum atomic E-state index is 12.7. The number of carbonyl (C=O) groups excluding carboxylic acids is 1. The smallest absolute Gasteiger partial charge is 0.338 e. The van der Waals surface area contributed by atoms with E-state index >= 15 is 0 Å². The van der Waals surface area contributed by atoms with E-state index in [1.54, 1.807) is 0 Å². The fourth-order valence-electron chi connectivity index (χ4n) is 3.17. The molecule has 1 aliphatic rings. The molecule has 0 aliphatic carbocycles. The molecule has 0 saturated carbocycles. The number of halogens is 3. The van der Waals surface area contributed by atoms with Gasteiger partial charge in [-0.1, -0.05) is 30.3 Å². The van der Waals surface area contributed by atoms with Crippen LogP contribution in [0.4, 0.5) is 18.0 Å². The molecule has 6 nitrogen and oxygen atoms in total. The average molecular weight is 441 g/mol. The number of amides is 2. The maximum absolute atomic E-state index is 12.7. The lowest BCUT2D eigenvalue weighted by molar-refractivity contribution is -0.137. The van der Waals surface area contributed by atoms with Crippen molar-refractivity contribution < 1.29 is 26.4 Å². The molecular formula is C20H22F3N3O3S. The molecule has 0 aromatic heterocycles. The van der Waals surface area contributed by atoms with Crippen molar-refractivity contribution >= 4 is 16.1 Å². The second kappa shape index (κ2) is 9.05. The molecule has 3 rings (SSSR count). The standard InChI is InChI=1S/C20H22F3N3O3S/c21-20(22,23)17-6-8-18(9-7-17)30(28,29)26-14-12-25(13-15-26)19(27)24-11-10-16-4-2-1-3-5-16/h1-9H,10-15H2,(H,24,27). The van der Waals surface area contributed by atoms with E-state index in [4.69, 9.17) is 0 Å². The first-order valence-electron chi connectivity index (χ1n) is 9.42. The van der Waals surface area contributed by atoms with Crippen LogP contribution in [-0.2, 0) is 22.6 Å². The van der Waals surface area contributed by atoms with Crippen LogP contribution in [0.2, 0.25) is 0 Å². The largest absolute Gasteiger partial charge is 0.416 e. The molecule has 0 spiro atoms. The molecule has 0 bridgehead atoms. The van der Waals surface area contributed by atoms with Gasteiger partial charge in [0.2, 0.25) is 10.0 Å². The van der Waals surface area contributed by atoms with E-state index in [1.165, 1.54) is 9.21 Å². The number of urea groups is 1. The third-order valence-corrected chi connectivity index (χ3v) is 6.79. The van der Waals surface area contributed by atoms with Crippen molar-refractivity contribution in [3.63, 3.8) is 0 Å². The molecule has 162 valence electrons. The molecular weight excluding hydrogens is 419 g/mol. The van der Waals surface area contributed by atoms with E-state index < -0.39 is 21.8 Å². The Kier molecular flexibility index (Phi) is 6.67. The van der Waals surface area contributed by atoms with Crippen LogP contribution in [0.1, 0.15) is 11.1 Å². The molecule has 1 fully saturated rings. The lowest BCUT2D eigenvalue weighted by atomic mass is 10.1. The Balaban J connectivity index is 1.52. The Labute approximate surface area is 173 Å². The van der Waals surface area contributed by atoms with Gasteiger partial charge >= 0.3 is 12.2 Å². The molecule has 2 amide bonds. The minimum absolute atomic E-state index is 0.0788. The summed E-state index contributed by atoms with van der Waals surface area (Å²) in [6, 6.07) is 12.9. The van der Waals surface area contributed by atoms with E-state index in [-0.39, 0.29) is 37.1 Å². The van der Waals surface area contributed by atoms with E-state index in [9.17, 15) is 26.4 Å². The number of carbonyl (C=O) groups is 1. The van der Waals surface area contributed by atoms with E-state index in [0.717, 1.165) is 29.8 Å². The van der Waals surface area contributed by atoms with Crippen molar-refractivity contribution in [3.8, 4) is 0 Å². The summed E-state index contributed by atoms with van der Waals surface area (Å²) in [7, 11) is -3.92. The number of piperazine rings is 1. The molecule has 10 heteroatoms. The summed E-state index contributed by atoms with van der Waals surface area (Å²) in [4.78, 5) is 13.6. The van der Waals surface area contributed by atoms with Gasteiger partial charge in [0.1, 0.15) is 0 Å². The van der Waals surface area contributed by atoms with Gasteiger partial charge in [0.25, 0.3) is 0 Å². The number of benzene rings is 2. The van der Waals surface area contributed by atoms with Gasteiger partial charge in [-0.25, -0.2) is 13.2 Å². The molecule has 1 saturated heterocycles. The molecule has 2 aromatic carbocycles. The van der Waals surface area contributed by atoms with Gasteiger partial charge in [-0.15, -0.1) is 0 Å². The summed E-state index contributed by atoms with van der Waals surface area (Å²) in [6.45, 7) is 1.03. The predicted octanol–water partition coefficient (Wildman–Crippen LogP) is 2.96. The lowest BCUT2D eigenvalue weighted by Crippen LogP contribution is -2.53. The van der Waals surface area contributed by atoms with Gasteiger partial charge in [-0.2, -0.15) is 17.5 Å². The SMILES string of the molecule is O=C(NCCc1ccccc1)N1CCN(S(=O)(=O)c2ccc(C(F)(F)F)cc2)CC1. The lowest BCUT2D eigenvalue weighted by Gasteiger charge is -2.34. The van der Waals surface area contributed by atoms with Crippen LogP contribution >= 0.6 is 0 Å². The zero-order chi connectivity index (χ0) is 21.8. The second-order valence-corrected chi connectivity index (χ2v) is 8.82. The first-order chi connectivity index (χ1) is 14.2. The first kappa shape index (κ1) is 22.1. The quantitative estimate of drug-likeness (QED) is 0.776. The van der Waals surface area contributed by atoms with Gasteiger partial charge in [0.05, 0.1) is 10.5 Å². The highest BCUT2D eigenvalue weighted by Gasteiger charge is 2.33. The summed E-state index contributed by atoms with van der Waals surface area (Å²) in [5.41, 5.74) is 0.198. The number of nitrogens with one attached hydrogen (secondary N) is 1. The van der Waals surface area contributed by atoms with Gasteiger partial charge in [-0.05, 0) is 36.2 Å². The van der Waals surface area contributed by atoms with Crippen molar-refractivity contribution in [2.45, 2.75) is 17.5 Å². The minimum atomic E-state index is -4.53. The summed E-state index contributed by atoms with van der Waals surface area (Å²) < 4.78 is 64.6. The average Bonchev–Trinajstić information content (AvgIpc) is 2.74. The summed E-state index contributed by atoms with van der Waals surface area (Å²) >= 11 is 0. The molecule has 2 aromatic rings. The van der Waals surface area contributed by atoms with E-state index in [2.05, 4.69) is 5.32 Å². The highest BCUT2D eigenvalue weighted by atomic mass is 32.2. The van der Waals surface area contributed by atoms with E-state index in [0.29, 0.717) is 13.0 Å². The number of alkyl halides is 3. The summed E-state index contributed by atoms with van der Waals surface area (Å²) in [5.74, 6) is 0. The Morgan fingerprint density at radius 3 is 2.10 bits per heavy atom. The zero-order valence-corrected chi connectivity index (χ0v) is 16.9. The minimum Gasteiger partial charge on any atom is -0.338 e. The van der Waals surface area contributed by atoms with Crippen LogP contribution in [-0.4, -0.2) is 56.4 Å². The van der Waals surface area contributed by atoms with Crippen molar-refractivity contribution in [1.82, 2.24) is 14.5 Å². The molecule has 1 N–H and O–H groups in total. The third-order valence-electron chi connectivity index (χ3n) is 4.88. The van der Waals surface area contributed by atoms with Crippen LogP contribution in [0.25, 0.3) is 0 Å². The van der Waals surface area contributed by atoms with Crippen LogP contribution in [0.3, 0.4) is 0 Å². The van der Waals surface area contributed by atoms with Gasteiger partial charge in [-0.3, -0.25) is 0 Å². The zero-order valence-electron chi connectivity index (χ0n) is 16.1. The van der Waals surface area contributed by atoms with Gasteiger partial charge in [0.15, 0.2) is 0 Å². The fourth-order valence-corrected chi connectivity index (χ4v) is 4.59. The number of hydrogen-bond acceptors (Lipinski definition) is 3. The molecule has 0 unspecified atom stereocenters. The Morgan fingerprint density at radius 1 is 0.933 bits per heavy atom. The van der Waals surface area contributed by atoms with Crippen molar-refractivity contribution in [2.24, 2.45) is 0 Å². The summed E-state index contributed by atoms with van der Waals surface area (Å²) in [5, 5.41) is 2.82. The number of nitrogens with zero attached hydrogens (tertiary/aromatic N) is 2. The van der Waals surface area contributed by atoms with Crippen LogP contribution in [0.15, 0.2) is 59.5 Å². The molecule has 1 aliphatic heterocycles. The van der Waals surface area contributed by atoms with Crippen LogP contribution in [0, 0.1) is 0 Å². The predicted molar refractivity (Wildman–Crippen MR) is 105 cm³/mol. The normalized spacial score (nSPS) is 15.8. The topological polar surface area (TPSA) is 69.7 Å². The Bertz CT molecular complexity index is 956. The van der Waals surface area contributed by atoms with Crippen molar-refractivity contribution in [2.75, 3.05) is 32.7 Å². The molecule has 0 radical (unpaired) electrons. The molecule has 0 atom stereocenters. The highest BCUT2D eigenvalue weighted by molar-refractivity contribution is 7.89. The maximum Gasteiger partial charge on any atom is 0.416 e. The van der Waals surface area contributed by atoms with Crippen LogP contribution in [0.5, 0.6) is 0 Å². The highest BCUT2D eigenvalue weighted by Crippen LogP contribution is 2.30. The second-order valence-electron chi connectivity index (χ2n) is 6.88. The fraction of sp³-hybridized carbons (Fsp3) is 0.350. The third kappa shape index (κ3) is 5.31. The van der Waals surface area contributed by atoms with Gasteiger partial charge < -0.3 is 10.2 Å². The first-order valence-corrected chi connectivity index (χ1v) is 10.9. The van der Waals surface area contributed by atoms with Crippen molar-refractivity contribution in [3.05, 3.63) is 65.7 Å². The van der Waals surface area contributed by atoms with E-state index in [1.807, 2.05) is 30.3 Å². The number of rotatable bonds is 5. The molecule has 30 heavy (non-hydrogen) atoms. The number of hydrogen-bond donors (Lipinski definition) is 1. The monoisotopic (exact) mass is 441 g/mol. The molecule has 1 heterocycles. The Morgan fingerprint density at radius 2 is 1.53 bits per heavy atom.